The third-order valence-corrected chi connectivity index (χ3v) is 6.10. The number of hydrogen-bond acceptors (Lipinski definition) is 5. The molecule has 0 aliphatic carbocycles. The Kier molecular flexibility index (Phi) is 6.40. The van der Waals surface area contributed by atoms with Crippen molar-refractivity contribution in [1.29, 1.82) is 0 Å². The number of ether oxygens (including phenoxy) is 2. The molecular formula is C28H27N3O3. The van der Waals surface area contributed by atoms with Gasteiger partial charge in [0.1, 0.15) is 0 Å². The molecule has 0 bridgehead atoms. The summed E-state index contributed by atoms with van der Waals surface area (Å²) in [5.41, 5.74) is 5.88. The normalized spacial score (nSPS) is 14.1. The second-order valence-electron chi connectivity index (χ2n) is 8.30. The monoisotopic (exact) mass is 453 g/mol. The molecule has 0 atom stereocenters. The molecule has 172 valence electrons. The molecule has 4 aromatic rings. The molecule has 6 heteroatoms. The molecule has 1 saturated heterocycles. The first-order chi connectivity index (χ1) is 16.7. The van der Waals surface area contributed by atoms with E-state index < -0.39 is 0 Å². The molecule has 0 spiro atoms. The van der Waals surface area contributed by atoms with Gasteiger partial charge in [0, 0.05) is 54.2 Å². The molecule has 2 heterocycles. The number of para-hydroxylation sites is 1. The fourth-order valence-electron chi connectivity index (χ4n) is 4.34. The van der Waals surface area contributed by atoms with Gasteiger partial charge in [-0.05, 0) is 48.0 Å². The topological polar surface area (TPSA) is 56.1 Å². The Hall–Kier alpha value is -3.90. The van der Waals surface area contributed by atoms with Crippen LogP contribution < -0.4 is 4.90 Å². The molecule has 1 aromatic heterocycles. The number of fused-ring (bicyclic) bond motifs is 1. The fraction of sp³-hybridized carbons (Fsp3) is 0.214. The number of esters is 1. The summed E-state index contributed by atoms with van der Waals surface area (Å²) in [6.07, 6.45) is 4.04. The van der Waals surface area contributed by atoms with Crippen molar-refractivity contribution in [3.05, 3.63) is 95.7 Å². The van der Waals surface area contributed by atoms with Gasteiger partial charge in [0.15, 0.2) is 0 Å². The van der Waals surface area contributed by atoms with Gasteiger partial charge in [-0.1, -0.05) is 30.3 Å². The number of carbonyl (C=O) groups excluding carboxylic acids is 1. The van der Waals surface area contributed by atoms with Crippen LogP contribution in [-0.2, 0) is 16.0 Å². The summed E-state index contributed by atoms with van der Waals surface area (Å²) < 4.78 is 12.5. The minimum Gasteiger partial charge on any atom is -0.465 e. The van der Waals surface area contributed by atoms with Gasteiger partial charge in [-0.2, -0.15) is 0 Å². The molecule has 34 heavy (non-hydrogen) atoms. The molecule has 0 N–H and O–H groups in total. The summed E-state index contributed by atoms with van der Waals surface area (Å²) >= 11 is 0. The van der Waals surface area contributed by atoms with Crippen LogP contribution in [0.15, 0.2) is 84.0 Å². The third kappa shape index (κ3) is 4.72. The van der Waals surface area contributed by atoms with Gasteiger partial charge in [0.05, 0.1) is 31.6 Å². The highest BCUT2D eigenvalue weighted by atomic mass is 16.5. The molecule has 1 aliphatic rings. The molecule has 1 aliphatic heterocycles. The van der Waals surface area contributed by atoms with Gasteiger partial charge in [0.25, 0.3) is 0 Å². The van der Waals surface area contributed by atoms with Crippen LogP contribution in [0.3, 0.4) is 0 Å². The van der Waals surface area contributed by atoms with E-state index in [9.17, 15) is 4.79 Å². The third-order valence-electron chi connectivity index (χ3n) is 6.10. The van der Waals surface area contributed by atoms with E-state index in [1.54, 1.807) is 6.07 Å². The highest BCUT2D eigenvalue weighted by molar-refractivity contribution is 6.00. The van der Waals surface area contributed by atoms with E-state index in [-0.39, 0.29) is 5.97 Å². The van der Waals surface area contributed by atoms with E-state index in [1.807, 2.05) is 36.5 Å². The molecule has 1 fully saturated rings. The first kappa shape index (κ1) is 21.9. The van der Waals surface area contributed by atoms with Crippen LogP contribution >= 0.6 is 0 Å². The summed E-state index contributed by atoms with van der Waals surface area (Å²) in [5.74, 6) is -0.327. The number of benzene rings is 3. The van der Waals surface area contributed by atoms with Crippen LogP contribution in [0.2, 0.25) is 0 Å². The number of morpholine rings is 1. The van der Waals surface area contributed by atoms with Crippen molar-refractivity contribution >= 4 is 34.5 Å². The van der Waals surface area contributed by atoms with E-state index in [2.05, 4.69) is 52.1 Å². The standard InChI is InChI=1S/C28H27N3O3/c1-33-28(32)22-6-4-5-21(17-22)19-31-20-23(26-7-2-3-8-27(26)31)18-29-24-9-11-25(12-10-24)30-13-15-34-16-14-30/h2-12,17-18,20H,13-16,19H2,1H3. The lowest BCUT2D eigenvalue weighted by Crippen LogP contribution is -2.36. The minimum atomic E-state index is -0.327. The number of nitrogens with zero attached hydrogens (tertiary/aromatic N) is 3. The molecular weight excluding hydrogens is 426 g/mol. The highest BCUT2D eigenvalue weighted by Gasteiger charge is 2.11. The summed E-state index contributed by atoms with van der Waals surface area (Å²) in [5, 5.41) is 1.14. The summed E-state index contributed by atoms with van der Waals surface area (Å²) in [6, 6.07) is 24.2. The van der Waals surface area contributed by atoms with Gasteiger partial charge in [-0.15, -0.1) is 0 Å². The lowest BCUT2D eigenvalue weighted by Gasteiger charge is -2.28. The van der Waals surface area contributed by atoms with Crippen molar-refractivity contribution < 1.29 is 14.3 Å². The van der Waals surface area contributed by atoms with Crippen molar-refractivity contribution in [2.45, 2.75) is 6.54 Å². The lowest BCUT2D eigenvalue weighted by atomic mass is 10.1. The largest absolute Gasteiger partial charge is 0.465 e. The molecule has 3 aromatic carbocycles. The second kappa shape index (κ2) is 9.93. The number of rotatable bonds is 6. The summed E-state index contributed by atoms with van der Waals surface area (Å²) in [4.78, 5) is 19.0. The van der Waals surface area contributed by atoms with E-state index in [4.69, 9.17) is 14.5 Å². The Morgan fingerprint density at radius 2 is 1.82 bits per heavy atom. The Bertz CT molecular complexity index is 1320. The predicted molar refractivity (Wildman–Crippen MR) is 136 cm³/mol. The number of anilines is 1. The predicted octanol–water partition coefficient (Wildman–Crippen LogP) is 5.06. The Labute approximate surface area is 199 Å². The molecule has 0 unspecified atom stereocenters. The van der Waals surface area contributed by atoms with Crippen LogP contribution in [0.1, 0.15) is 21.5 Å². The molecule has 6 nitrogen and oxygen atoms in total. The van der Waals surface area contributed by atoms with E-state index in [1.165, 1.54) is 12.8 Å². The zero-order chi connectivity index (χ0) is 23.3. The molecule has 0 radical (unpaired) electrons. The fourth-order valence-corrected chi connectivity index (χ4v) is 4.34. The van der Waals surface area contributed by atoms with Gasteiger partial charge in [-0.3, -0.25) is 4.99 Å². The number of methoxy groups -OCH3 is 1. The first-order valence-electron chi connectivity index (χ1n) is 11.4. The number of carbonyl (C=O) groups is 1. The van der Waals surface area contributed by atoms with Gasteiger partial charge < -0.3 is 18.9 Å². The Balaban J connectivity index is 1.38. The Morgan fingerprint density at radius 3 is 2.62 bits per heavy atom. The highest BCUT2D eigenvalue weighted by Crippen LogP contribution is 2.24. The maximum absolute atomic E-state index is 11.9. The average Bonchev–Trinajstić information content (AvgIpc) is 3.25. The number of aromatic nitrogens is 1. The van der Waals surface area contributed by atoms with Crippen molar-refractivity contribution in [3.8, 4) is 0 Å². The van der Waals surface area contributed by atoms with Gasteiger partial charge >= 0.3 is 5.97 Å². The van der Waals surface area contributed by atoms with Crippen LogP contribution in [0.4, 0.5) is 11.4 Å². The smallest absolute Gasteiger partial charge is 0.337 e. The van der Waals surface area contributed by atoms with E-state index >= 15 is 0 Å². The van der Waals surface area contributed by atoms with Crippen molar-refractivity contribution in [3.63, 3.8) is 0 Å². The van der Waals surface area contributed by atoms with Crippen molar-refractivity contribution in [1.82, 2.24) is 4.57 Å². The summed E-state index contributed by atoms with van der Waals surface area (Å²) in [7, 11) is 1.40. The number of hydrogen-bond donors (Lipinski definition) is 0. The molecule has 0 saturated carbocycles. The maximum atomic E-state index is 11.9. The quantitative estimate of drug-likeness (QED) is 0.302. The lowest BCUT2D eigenvalue weighted by molar-refractivity contribution is 0.0600. The maximum Gasteiger partial charge on any atom is 0.337 e. The van der Waals surface area contributed by atoms with E-state index in [0.29, 0.717) is 12.1 Å². The first-order valence-corrected chi connectivity index (χ1v) is 11.4. The SMILES string of the molecule is COC(=O)c1cccc(Cn2cc(C=Nc3ccc(N4CCOCC4)cc3)c3ccccc32)c1. The van der Waals surface area contributed by atoms with Gasteiger partial charge in [0.2, 0.25) is 0 Å². The minimum absolute atomic E-state index is 0.327. The van der Waals surface area contributed by atoms with Crippen LogP contribution in [0.25, 0.3) is 10.9 Å². The summed E-state index contributed by atoms with van der Waals surface area (Å²) in [6.45, 7) is 4.04. The van der Waals surface area contributed by atoms with E-state index in [0.717, 1.165) is 54.0 Å². The average molecular weight is 454 g/mol. The van der Waals surface area contributed by atoms with Crippen LogP contribution in [0.5, 0.6) is 0 Å². The van der Waals surface area contributed by atoms with Crippen LogP contribution in [-0.4, -0.2) is 50.2 Å². The molecule has 0 amide bonds. The number of aliphatic imine (C=N–C) groups is 1. The zero-order valence-electron chi connectivity index (χ0n) is 19.2. The van der Waals surface area contributed by atoms with Crippen molar-refractivity contribution in [2.75, 3.05) is 38.3 Å². The Morgan fingerprint density at radius 1 is 1.03 bits per heavy atom. The zero-order valence-corrected chi connectivity index (χ0v) is 19.2. The second-order valence-corrected chi connectivity index (χ2v) is 8.30. The van der Waals surface area contributed by atoms with Gasteiger partial charge in [-0.25, -0.2) is 4.79 Å². The molecule has 5 rings (SSSR count). The van der Waals surface area contributed by atoms with Crippen LogP contribution in [0, 0.1) is 0 Å². The van der Waals surface area contributed by atoms with Crippen molar-refractivity contribution in [2.24, 2.45) is 4.99 Å².